The van der Waals surface area contributed by atoms with Gasteiger partial charge in [0.1, 0.15) is 12.2 Å². The summed E-state index contributed by atoms with van der Waals surface area (Å²) in [6.07, 6.45) is -2.41. The summed E-state index contributed by atoms with van der Waals surface area (Å²) in [5.74, 6) is -1.70. The molecule has 0 radical (unpaired) electrons. The second kappa shape index (κ2) is 6.85. The van der Waals surface area contributed by atoms with E-state index in [2.05, 4.69) is 20.7 Å². The first kappa shape index (κ1) is 15.9. The van der Waals surface area contributed by atoms with Crippen molar-refractivity contribution in [3.63, 3.8) is 0 Å². The van der Waals surface area contributed by atoms with Crippen molar-refractivity contribution in [3.05, 3.63) is 0 Å². The molecule has 1 aliphatic rings. The molecule has 1 heterocycles. The van der Waals surface area contributed by atoms with Crippen LogP contribution < -0.4 is 0 Å². The van der Waals surface area contributed by atoms with Gasteiger partial charge in [-0.3, -0.25) is 9.59 Å². The van der Waals surface area contributed by atoms with Crippen LogP contribution in [0, 0.1) is 0 Å². The van der Waals surface area contributed by atoms with E-state index in [1.807, 2.05) is 0 Å². The average molecular weight is 339 g/mol. The topological polar surface area (TPSA) is 88.1 Å². The molecule has 0 aromatic rings. The van der Waals surface area contributed by atoms with Crippen LogP contribution in [0.1, 0.15) is 20.3 Å². The van der Waals surface area contributed by atoms with E-state index in [9.17, 15) is 14.4 Å². The lowest BCUT2D eigenvalue weighted by atomic mass is 10.0. The first-order chi connectivity index (χ1) is 8.85. The Morgan fingerprint density at radius 2 is 1.63 bits per heavy atom. The number of ether oxygens (including phenoxy) is 4. The lowest BCUT2D eigenvalue weighted by Gasteiger charge is -2.36. The van der Waals surface area contributed by atoms with E-state index >= 15 is 0 Å². The van der Waals surface area contributed by atoms with Crippen LogP contribution in [0.2, 0.25) is 0 Å². The molecule has 0 spiro atoms. The molecule has 7 nitrogen and oxygen atoms in total. The van der Waals surface area contributed by atoms with Crippen molar-refractivity contribution >= 4 is 33.8 Å². The molecule has 0 aliphatic carbocycles. The quantitative estimate of drug-likeness (QED) is 0.421. The third-order valence-electron chi connectivity index (χ3n) is 2.44. The number of rotatable bonds is 3. The molecule has 8 heteroatoms. The van der Waals surface area contributed by atoms with Gasteiger partial charge in [-0.05, 0) is 0 Å². The van der Waals surface area contributed by atoms with Gasteiger partial charge >= 0.3 is 17.9 Å². The summed E-state index contributed by atoms with van der Waals surface area (Å²) in [7, 11) is 1.21. The highest BCUT2D eigenvalue weighted by atomic mass is 79.9. The van der Waals surface area contributed by atoms with Crippen molar-refractivity contribution < 1.29 is 33.3 Å². The number of halogens is 1. The summed E-state index contributed by atoms with van der Waals surface area (Å²) in [6, 6.07) is 0. The Labute approximate surface area is 118 Å². The van der Waals surface area contributed by atoms with Gasteiger partial charge in [-0.1, -0.05) is 15.9 Å². The summed E-state index contributed by atoms with van der Waals surface area (Å²) in [5.41, 5.74) is 0. The van der Waals surface area contributed by atoms with Crippen LogP contribution in [0.3, 0.4) is 0 Å². The molecule has 108 valence electrons. The SMILES string of the molecule is COC(=O)[C@H]1O[C@H](Br)[C@H](OC(C)=O)C[C@@H]1OC(C)=O. The standard InChI is InChI=1S/C11H15BrO7/c1-5(13)17-7-4-8(18-6(2)14)10(12)19-9(7)11(15)16-3/h7-10H,4H2,1-3H3/t7-,8+,9-,10-/m0/s1. The minimum atomic E-state index is -1.05. The lowest BCUT2D eigenvalue weighted by molar-refractivity contribution is -0.197. The van der Waals surface area contributed by atoms with Gasteiger partial charge in [0, 0.05) is 20.3 Å². The molecule has 1 saturated heterocycles. The number of hydrogen-bond donors (Lipinski definition) is 0. The molecule has 19 heavy (non-hydrogen) atoms. The fourth-order valence-electron chi connectivity index (χ4n) is 1.74. The van der Waals surface area contributed by atoms with Gasteiger partial charge in [-0.15, -0.1) is 0 Å². The van der Waals surface area contributed by atoms with E-state index in [1.54, 1.807) is 0 Å². The third kappa shape index (κ3) is 4.46. The van der Waals surface area contributed by atoms with E-state index in [1.165, 1.54) is 21.0 Å². The summed E-state index contributed by atoms with van der Waals surface area (Å²) in [4.78, 5) is 33.6. The normalized spacial score (nSPS) is 30.3. The summed E-state index contributed by atoms with van der Waals surface area (Å²) < 4.78 is 20.0. The van der Waals surface area contributed by atoms with Crippen LogP contribution in [0.15, 0.2) is 0 Å². The Bertz CT molecular complexity index is 370. The first-order valence-corrected chi connectivity index (χ1v) is 6.48. The van der Waals surface area contributed by atoms with Crippen LogP contribution in [0.5, 0.6) is 0 Å². The van der Waals surface area contributed by atoms with Crippen LogP contribution in [-0.4, -0.2) is 48.3 Å². The van der Waals surface area contributed by atoms with Crippen molar-refractivity contribution in [2.45, 2.75) is 43.6 Å². The van der Waals surface area contributed by atoms with Crippen LogP contribution >= 0.6 is 15.9 Å². The maximum atomic E-state index is 11.6. The number of alkyl halides is 1. The van der Waals surface area contributed by atoms with Gasteiger partial charge in [-0.2, -0.15) is 0 Å². The van der Waals surface area contributed by atoms with E-state index < -0.39 is 41.2 Å². The zero-order chi connectivity index (χ0) is 14.6. The Morgan fingerprint density at radius 3 is 2.11 bits per heavy atom. The molecular formula is C11H15BrO7. The molecule has 1 aliphatic heterocycles. The van der Waals surface area contributed by atoms with Crippen LogP contribution in [-0.2, 0) is 33.3 Å². The van der Waals surface area contributed by atoms with Crippen molar-refractivity contribution in [3.8, 4) is 0 Å². The molecule has 4 atom stereocenters. The number of hydrogen-bond acceptors (Lipinski definition) is 7. The van der Waals surface area contributed by atoms with Gasteiger partial charge < -0.3 is 18.9 Å². The highest BCUT2D eigenvalue weighted by Crippen LogP contribution is 2.29. The minimum Gasteiger partial charge on any atom is -0.467 e. The van der Waals surface area contributed by atoms with Gasteiger partial charge in [-0.25, -0.2) is 4.79 Å². The molecule has 0 aromatic carbocycles. The predicted molar refractivity (Wildman–Crippen MR) is 65.3 cm³/mol. The van der Waals surface area contributed by atoms with E-state index in [0.717, 1.165) is 0 Å². The molecule has 0 N–H and O–H groups in total. The van der Waals surface area contributed by atoms with Crippen molar-refractivity contribution in [1.82, 2.24) is 0 Å². The Balaban J connectivity index is 2.81. The second-order valence-electron chi connectivity index (χ2n) is 3.96. The smallest absolute Gasteiger partial charge is 0.338 e. The van der Waals surface area contributed by atoms with Crippen molar-refractivity contribution in [2.24, 2.45) is 0 Å². The van der Waals surface area contributed by atoms with Crippen LogP contribution in [0.4, 0.5) is 0 Å². The van der Waals surface area contributed by atoms with E-state index in [0.29, 0.717) is 0 Å². The van der Waals surface area contributed by atoms with E-state index in [-0.39, 0.29) is 6.42 Å². The summed E-state index contributed by atoms with van der Waals surface area (Å²) in [6.45, 7) is 2.47. The molecular weight excluding hydrogens is 324 g/mol. The zero-order valence-electron chi connectivity index (χ0n) is 10.8. The summed E-state index contributed by atoms with van der Waals surface area (Å²) >= 11 is 3.17. The van der Waals surface area contributed by atoms with Gasteiger partial charge in [0.15, 0.2) is 11.1 Å². The zero-order valence-corrected chi connectivity index (χ0v) is 12.3. The molecule has 0 saturated carbocycles. The molecule has 1 rings (SSSR count). The largest absolute Gasteiger partial charge is 0.467 e. The Kier molecular flexibility index (Phi) is 5.74. The van der Waals surface area contributed by atoms with Crippen LogP contribution in [0.25, 0.3) is 0 Å². The van der Waals surface area contributed by atoms with Gasteiger partial charge in [0.25, 0.3) is 0 Å². The molecule has 0 aromatic heterocycles. The Hall–Kier alpha value is -1.15. The Morgan fingerprint density at radius 1 is 1.11 bits per heavy atom. The van der Waals surface area contributed by atoms with Gasteiger partial charge in [0.2, 0.25) is 0 Å². The number of methoxy groups -OCH3 is 1. The highest BCUT2D eigenvalue weighted by Gasteiger charge is 2.44. The summed E-state index contributed by atoms with van der Waals surface area (Å²) in [5, 5.41) is -0.674. The third-order valence-corrected chi connectivity index (χ3v) is 3.24. The van der Waals surface area contributed by atoms with E-state index in [4.69, 9.17) is 14.2 Å². The lowest BCUT2D eigenvalue weighted by Crippen LogP contribution is -2.51. The molecule has 0 unspecified atom stereocenters. The fraction of sp³-hybridized carbons (Fsp3) is 0.727. The number of carbonyl (C=O) groups is 3. The maximum absolute atomic E-state index is 11.6. The molecule has 0 bridgehead atoms. The number of carbonyl (C=O) groups excluding carboxylic acids is 3. The maximum Gasteiger partial charge on any atom is 0.338 e. The second-order valence-corrected chi connectivity index (χ2v) is 4.86. The first-order valence-electron chi connectivity index (χ1n) is 5.57. The number of esters is 3. The minimum absolute atomic E-state index is 0.148. The molecule has 0 amide bonds. The van der Waals surface area contributed by atoms with Crippen molar-refractivity contribution in [2.75, 3.05) is 7.11 Å². The molecule has 1 fully saturated rings. The van der Waals surface area contributed by atoms with Gasteiger partial charge in [0.05, 0.1) is 7.11 Å². The average Bonchev–Trinajstić information content (AvgIpc) is 2.30. The fourth-order valence-corrected chi connectivity index (χ4v) is 2.29. The van der Waals surface area contributed by atoms with Crippen molar-refractivity contribution in [1.29, 1.82) is 0 Å². The highest BCUT2D eigenvalue weighted by molar-refractivity contribution is 9.09. The predicted octanol–water partition coefficient (Wildman–Crippen LogP) is 0.533. The monoisotopic (exact) mass is 338 g/mol.